The fourth-order valence-electron chi connectivity index (χ4n) is 4.75. The fourth-order valence-corrected chi connectivity index (χ4v) is 4.75. The zero-order valence-corrected chi connectivity index (χ0v) is 29.6. The fraction of sp³-hybridized carbons (Fsp3) is 0.875. The molecule has 0 aromatic carbocycles. The molecule has 12 nitrogen and oxygen atoms in total. The highest BCUT2D eigenvalue weighted by molar-refractivity contribution is 5.74. The molecule has 12 heteroatoms. The smallest absolute Gasteiger partial charge is 0.362 e. The van der Waals surface area contributed by atoms with E-state index in [9.17, 15) is 19.2 Å². The van der Waals surface area contributed by atoms with Gasteiger partial charge in [-0.1, -0.05) is 0 Å². The molecule has 0 amide bonds. The van der Waals surface area contributed by atoms with E-state index < -0.39 is 34.3 Å². The summed E-state index contributed by atoms with van der Waals surface area (Å²) in [7, 11) is 0. The van der Waals surface area contributed by atoms with Crippen molar-refractivity contribution in [3.8, 4) is 0 Å². The summed E-state index contributed by atoms with van der Waals surface area (Å²) < 4.78 is 22.6. The average molecular weight is 630 g/mol. The molecule has 0 spiro atoms. The molecular weight excluding hydrogens is 568 g/mol. The summed E-state index contributed by atoms with van der Waals surface area (Å²) in [6.07, 6.45) is 0. The quantitative estimate of drug-likeness (QED) is 0.242. The number of ether oxygens (including phenoxy) is 4. The highest BCUT2D eigenvalue weighted by Gasteiger charge is 2.37. The van der Waals surface area contributed by atoms with Gasteiger partial charge in [-0.2, -0.15) is 0 Å². The molecule has 0 radical (unpaired) electrons. The van der Waals surface area contributed by atoms with Gasteiger partial charge in [0.2, 0.25) is 0 Å². The Hall–Kier alpha value is -2.28. The van der Waals surface area contributed by atoms with Gasteiger partial charge < -0.3 is 28.7 Å². The lowest BCUT2D eigenvalue weighted by Gasteiger charge is -2.40. The molecule has 0 aromatic rings. The first-order valence-electron chi connectivity index (χ1n) is 15.7. The third-order valence-corrected chi connectivity index (χ3v) is 6.31. The third kappa shape index (κ3) is 19.2. The van der Waals surface area contributed by atoms with E-state index in [-0.39, 0.29) is 42.6 Å². The molecule has 1 aliphatic heterocycles. The standard InChI is InChI=1S/C32H61N4O8/c1-29(2,3)41-25(37)21-34-15-13-33-14-19-36(23-27(39)43-31(7,8)9,24-28(40)44-32(10,11)12)20-18-35(17-16-34)22-26(38)42-30(4,5)6/h33H,13-24H2,1-12H3/q+1. The Balaban J connectivity index is 3.33. The van der Waals surface area contributed by atoms with Gasteiger partial charge in [-0.05, 0) is 83.1 Å². The van der Waals surface area contributed by atoms with Crippen LogP contribution in [0.5, 0.6) is 0 Å². The maximum atomic E-state index is 13.2. The Morgan fingerprint density at radius 2 is 0.886 bits per heavy atom. The summed E-state index contributed by atoms with van der Waals surface area (Å²) in [6, 6.07) is 0. The van der Waals surface area contributed by atoms with E-state index in [1.165, 1.54) is 0 Å². The largest absolute Gasteiger partial charge is 0.459 e. The molecule has 1 fully saturated rings. The summed E-state index contributed by atoms with van der Waals surface area (Å²) in [4.78, 5) is 55.9. The minimum absolute atomic E-state index is 0.0225. The Bertz CT molecular complexity index is 927. The second-order valence-corrected chi connectivity index (χ2v) is 15.8. The zero-order valence-electron chi connectivity index (χ0n) is 29.6. The van der Waals surface area contributed by atoms with Gasteiger partial charge in [-0.15, -0.1) is 0 Å². The van der Waals surface area contributed by atoms with Crippen molar-refractivity contribution in [2.75, 3.05) is 78.5 Å². The van der Waals surface area contributed by atoms with E-state index >= 15 is 0 Å². The number of rotatable bonds is 8. The van der Waals surface area contributed by atoms with Crippen molar-refractivity contribution in [1.29, 1.82) is 0 Å². The van der Waals surface area contributed by atoms with Crippen molar-refractivity contribution in [2.24, 2.45) is 0 Å². The summed E-state index contributed by atoms with van der Waals surface area (Å²) in [5.74, 6) is -1.50. The molecule has 256 valence electrons. The molecule has 1 heterocycles. The first-order valence-corrected chi connectivity index (χ1v) is 15.7. The van der Waals surface area contributed by atoms with Crippen LogP contribution in [0.25, 0.3) is 0 Å². The van der Waals surface area contributed by atoms with Crippen LogP contribution in [0.15, 0.2) is 0 Å². The minimum Gasteiger partial charge on any atom is -0.459 e. The van der Waals surface area contributed by atoms with Gasteiger partial charge >= 0.3 is 23.9 Å². The van der Waals surface area contributed by atoms with Gasteiger partial charge in [0.15, 0.2) is 13.1 Å². The van der Waals surface area contributed by atoms with Crippen molar-refractivity contribution < 1.29 is 42.6 Å². The maximum absolute atomic E-state index is 13.2. The molecule has 1 saturated heterocycles. The molecule has 44 heavy (non-hydrogen) atoms. The number of carbonyl (C=O) groups is 4. The predicted octanol–water partition coefficient (Wildman–Crippen LogP) is 2.38. The van der Waals surface area contributed by atoms with Gasteiger partial charge in [0.05, 0.1) is 26.2 Å². The number of nitrogens with zero attached hydrogens (tertiary/aromatic N) is 3. The van der Waals surface area contributed by atoms with E-state index in [1.54, 1.807) is 0 Å². The van der Waals surface area contributed by atoms with Gasteiger partial charge in [-0.3, -0.25) is 19.4 Å². The van der Waals surface area contributed by atoms with Gasteiger partial charge in [-0.25, -0.2) is 9.59 Å². The molecule has 0 atom stereocenters. The summed E-state index contributed by atoms with van der Waals surface area (Å²) in [6.45, 7) is 25.8. The lowest BCUT2D eigenvalue weighted by atomic mass is 10.2. The number of esters is 4. The molecule has 0 aliphatic carbocycles. The normalized spacial score (nSPS) is 18.4. The average Bonchev–Trinajstić information content (AvgIpc) is 2.74. The van der Waals surface area contributed by atoms with Crippen LogP contribution in [0.3, 0.4) is 0 Å². The number of hydrogen-bond donors (Lipinski definition) is 1. The molecule has 0 unspecified atom stereocenters. The first-order chi connectivity index (χ1) is 19.9. The maximum Gasteiger partial charge on any atom is 0.362 e. The van der Waals surface area contributed by atoms with Crippen LogP contribution in [-0.2, 0) is 38.1 Å². The van der Waals surface area contributed by atoms with Crippen LogP contribution in [0.4, 0.5) is 0 Å². The van der Waals surface area contributed by atoms with E-state index in [1.807, 2.05) is 92.9 Å². The third-order valence-electron chi connectivity index (χ3n) is 6.31. The summed E-state index contributed by atoms with van der Waals surface area (Å²) in [5, 5.41) is 3.42. The molecular formula is C32H61N4O8+. The van der Waals surface area contributed by atoms with Gasteiger partial charge in [0.25, 0.3) is 0 Å². The van der Waals surface area contributed by atoms with E-state index in [0.29, 0.717) is 52.4 Å². The Labute approximate surface area is 265 Å². The summed E-state index contributed by atoms with van der Waals surface area (Å²) >= 11 is 0. The number of nitrogens with one attached hydrogen (secondary N) is 1. The molecule has 1 N–H and O–H groups in total. The molecule has 0 saturated carbocycles. The van der Waals surface area contributed by atoms with Crippen LogP contribution in [0, 0.1) is 0 Å². The lowest BCUT2D eigenvalue weighted by molar-refractivity contribution is -0.913. The SMILES string of the molecule is CC(C)(C)OC(=O)CN1CCNCC[N+](CC(=O)OC(C)(C)C)(CC(=O)OC(C)(C)C)CCN(CC(=O)OC(C)(C)C)CC1. The number of carbonyl (C=O) groups excluding carboxylic acids is 4. The van der Waals surface area contributed by atoms with E-state index in [2.05, 4.69) is 5.32 Å². The molecule has 0 bridgehead atoms. The van der Waals surface area contributed by atoms with Crippen molar-refractivity contribution in [2.45, 2.75) is 105 Å². The predicted molar refractivity (Wildman–Crippen MR) is 169 cm³/mol. The van der Waals surface area contributed by atoms with Crippen molar-refractivity contribution in [1.82, 2.24) is 15.1 Å². The molecule has 1 rings (SSSR count). The van der Waals surface area contributed by atoms with Crippen LogP contribution in [0.2, 0.25) is 0 Å². The minimum atomic E-state index is -0.682. The molecule has 1 aliphatic rings. The Morgan fingerprint density at radius 3 is 1.27 bits per heavy atom. The zero-order chi connectivity index (χ0) is 34.0. The van der Waals surface area contributed by atoms with Crippen LogP contribution < -0.4 is 5.32 Å². The van der Waals surface area contributed by atoms with Gasteiger partial charge in [0.1, 0.15) is 22.4 Å². The Kier molecular flexibility index (Phi) is 14.8. The van der Waals surface area contributed by atoms with E-state index in [4.69, 9.17) is 18.9 Å². The van der Waals surface area contributed by atoms with Crippen molar-refractivity contribution in [3.63, 3.8) is 0 Å². The van der Waals surface area contributed by atoms with Crippen LogP contribution >= 0.6 is 0 Å². The highest BCUT2D eigenvalue weighted by Crippen LogP contribution is 2.16. The van der Waals surface area contributed by atoms with E-state index in [0.717, 1.165) is 0 Å². The molecule has 0 aromatic heterocycles. The lowest BCUT2D eigenvalue weighted by Crippen LogP contribution is -2.61. The van der Waals surface area contributed by atoms with Crippen LogP contribution in [-0.4, -0.2) is 139 Å². The summed E-state index contributed by atoms with van der Waals surface area (Å²) in [5.41, 5.74) is -2.60. The number of hydrogen-bond acceptors (Lipinski definition) is 11. The topological polar surface area (TPSA) is 124 Å². The van der Waals surface area contributed by atoms with Crippen LogP contribution in [0.1, 0.15) is 83.1 Å². The first kappa shape index (κ1) is 39.7. The van der Waals surface area contributed by atoms with Crippen molar-refractivity contribution >= 4 is 23.9 Å². The highest BCUT2D eigenvalue weighted by atomic mass is 16.6. The monoisotopic (exact) mass is 629 g/mol. The van der Waals surface area contributed by atoms with Gasteiger partial charge in [0, 0.05) is 39.3 Å². The second kappa shape index (κ2) is 16.3. The van der Waals surface area contributed by atoms with Crippen molar-refractivity contribution in [3.05, 3.63) is 0 Å². The number of quaternary nitrogens is 1. The second-order valence-electron chi connectivity index (χ2n) is 15.8. The Morgan fingerprint density at radius 1 is 0.523 bits per heavy atom.